The van der Waals surface area contributed by atoms with Gasteiger partial charge in [0.05, 0.1) is 5.69 Å². The molecular formula is C16H24N6O. The summed E-state index contributed by atoms with van der Waals surface area (Å²) < 4.78 is 5.21. The summed E-state index contributed by atoms with van der Waals surface area (Å²) in [4.78, 5) is 11.0. The molecule has 0 aromatic carbocycles. The molecule has 0 bridgehead atoms. The van der Waals surface area contributed by atoms with Gasteiger partial charge in [-0.15, -0.1) is 0 Å². The maximum atomic E-state index is 5.21. The Balaban J connectivity index is 1.61. The smallest absolute Gasteiger partial charge is 0.138 e. The Kier molecular flexibility index (Phi) is 4.76. The summed E-state index contributed by atoms with van der Waals surface area (Å²) in [6.45, 7) is 6.69. The van der Waals surface area contributed by atoms with Crippen LogP contribution in [0.15, 0.2) is 16.9 Å². The van der Waals surface area contributed by atoms with E-state index in [0.717, 1.165) is 48.3 Å². The van der Waals surface area contributed by atoms with E-state index in [4.69, 9.17) is 4.52 Å². The minimum atomic E-state index is 0.454. The zero-order chi connectivity index (χ0) is 16.2. The van der Waals surface area contributed by atoms with E-state index in [9.17, 15) is 0 Å². The van der Waals surface area contributed by atoms with Crippen molar-refractivity contribution in [3.8, 4) is 0 Å². The van der Waals surface area contributed by atoms with Gasteiger partial charge in [-0.05, 0) is 26.7 Å². The molecule has 0 unspecified atom stereocenters. The van der Waals surface area contributed by atoms with Gasteiger partial charge in [0.15, 0.2) is 0 Å². The summed E-state index contributed by atoms with van der Waals surface area (Å²) >= 11 is 0. The highest BCUT2D eigenvalue weighted by molar-refractivity contribution is 5.49. The molecule has 0 amide bonds. The number of hydrogen-bond acceptors (Lipinski definition) is 7. The van der Waals surface area contributed by atoms with Crippen molar-refractivity contribution in [2.75, 3.05) is 30.4 Å². The van der Waals surface area contributed by atoms with Crippen LogP contribution in [0.2, 0.25) is 0 Å². The van der Waals surface area contributed by atoms with E-state index in [0.29, 0.717) is 6.04 Å². The van der Waals surface area contributed by atoms with Crippen LogP contribution in [0.5, 0.6) is 0 Å². The van der Waals surface area contributed by atoms with Crippen LogP contribution >= 0.6 is 0 Å². The van der Waals surface area contributed by atoms with Gasteiger partial charge in [0.2, 0.25) is 0 Å². The minimum Gasteiger partial charge on any atom is -0.373 e. The van der Waals surface area contributed by atoms with Crippen LogP contribution in [0.1, 0.15) is 29.9 Å². The van der Waals surface area contributed by atoms with Crippen LogP contribution in [0.4, 0.5) is 11.6 Å². The predicted molar refractivity (Wildman–Crippen MR) is 89.6 cm³/mol. The Morgan fingerprint density at radius 3 is 2.96 bits per heavy atom. The summed E-state index contributed by atoms with van der Waals surface area (Å²) in [5.41, 5.74) is 2.13. The molecule has 1 aliphatic heterocycles. The molecule has 7 nitrogen and oxygen atoms in total. The molecule has 2 aromatic rings. The molecule has 1 saturated heterocycles. The van der Waals surface area contributed by atoms with Crippen molar-refractivity contribution in [3.63, 3.8) is 0 Å². The number of aromatic nitrogens is 3. The maximum Gasteiger partial charge on any atom is 0.138 e. The number of rotatable bonds is 6. The van der Waals surface area contributed by atoms with Crippen LogP contribution < -0.4 is 15.5 Å². The first kappa shape index (κ1) is 15.7. The summed E-state index contributed by atoms with van der Waals surface area (Å²) in [6.07, 6.45) is 3.98. The first-order valence-corrected chi connectivity index (χ1v) is 8.08. The Hall–Kier alpha value is -2.15. The van der Waals surface area contributed by atoms with Crippen molar-refractivity contribution >= 4 is 11.6 Å². The lowest BCUT2D eigenvalue weighted by Crippen LogP contribution is -2.38. The van der Waals surface area contributed by atoms with Crippen molar-refractivity contribution < 1.29 is 4.52 Å². The quantitative estimate of drug-likeness (QED) is 0.842. The number of hydrogen-bond donors (Lipinski definition) is 2. The average Bonchev–Trinajstić information content (AvgIpc) is 3.16. The number of anilines is 2. The third-order valence-electron chi connectivity index (χ3n) is 4.44. The molecule has 23 heavy (non-hydrogen) atoms. The summed E-state index contributed by atoms with van der Waals surface area (Å²) in [7, 11) is 1.87. The van der Waals surface area contributed by atoms with Gasteiger partial charge in [-0.1, -0.05) is 5.16 Å². The van der Waals surface area contributed by atoms with E-state index in [1.165, 1.54) is 12.8 Å². The monoisotopic (exact) mass is 316 g/mol. The van der Waals surface area contributed by atoms with Crippen molar-refractivity contribution in [2.45, 2.75) is 39.3 Å². The molecule has 124 valence electrons. The molecule has 0 radical (unpaired) electrons. The highest BCUT2D eigenvalue weighted by Crippen LogP contribution is 2.24. The zero-order valence-electron chi connectivity index (χ0n) is 14.0. The molecule has 7 heteroatoms. The fraction of sp³-hybridized carbons (Fsp3) is 0.562. The highest BCUT2D eigenvalue weighted by Gasteiger charge is 2.25. The number of aryl methyl sites for hydroxylation is 2. The van der Waals surface area contributed by atoms with Crippen LogP contribution in [-0.2, 0) is 6.54 Å². The molecule has 2 aromatic heterocycles. The van der Waals surface area contributed by atoms with Crippen LogP contribution in [-0.4, -0.2) is 41.3 Å². The van der Waals surface area contributed by atoms with Gasteiger partial charge in [-0.2, -0.15) is 0 Å². The van der Waals surface area contributed by atoms with Gasteiger partial charge in [-0.3, -0.25) is 0 Å². The molecule has 0 spiro atoms. The van der Waals surface area contributed by atoms with Gasteiger partial charge in [0, 0.05) is 44.4 Å². The Morgan fingerprint density at radius 2 is 2.22 bits per heavy atom. The average molecular weight is 316 g/mol. The predicted octanol–water partition coefficient (Wildman–Crippen LogP) is 1.88. The molecule has 0 saturated carbocycles. The molecule has 2 N–H and O–H groups in total. The van der Waals surface area contributed by atoms with E-state index in [1.807, 2.05) is 27.0 Å². The van der Waals surface area contributed by atoms with Crippen LogP contribution in [0, 0.1) is 13.8 Å². The number of nitrogens with zero attached hydrogens (tertiary/aromatic N) is 4. The third-order valence-corrected chi connectivity index (χ3v) is 4.44. The van der Waals surface area contributed by atoms with E-state index < -0.39 is 0 Å². The van der Waals surface area contributed by atoms with Crippen molar-refractivity contribution in [2.24, 2.45) is 0 Å². The second kappa shape index (κ2) is 6.95. The topological polar surface area (TPSA) is 79.1 Å². The Morgan fingerprint density at radius 1 is 1.35 bits per heavy atom. The van der Waals surface area contributed by atoms with Gasteiger partial charge in [0.25, 0.3) is 0 Å². The van der Waals surface area contributed by atoms with Gasteiger partial charge < -0.3 is 20.1 Å². The lowest BCUT2D eigenvalue weighted by Gasteiger charge is -2.26. The summed E-state index contributed by atoms with van der Waals surface area (Å²) in [5, 5.41) is 10.6. The van der Waals surface area contributed by atoms with Crippen LogP contribution in [0.3, 0.4) is 0 Å². The maximum absolute atomic E-state index is 5.21. The summed E-state index contributed by atoms with van der Waals surface area (Å²) in [6, 6.07) is 2.46. The minimum absolute atomic E-state index is 0.454. The normalized spacial score (nSPS) is 17.7. The van der Waals surface area contributed by atoms with E-state index in [-0.39, 0.29) is 0 Å². The lowest BCUT2D eigenvalue weighted by molar-refractivity contribution is 0.391. The number of nitrogens with one attached hydrogen (secondary N) is 2. The van der Waals surface area contributed by atoms with Gasteiger partial charge >= 0.3 is 0 Å². The van der Waals surface area contributed by atoms with Crippen molar-refractivity contribution in [1.82, 2.24) is 20.4 Å². The molecule has 3 heterocycles. The van der Waals surface area contributed by atoms with E-state index in [1.54, 1.807) is 6.33 Å². The molecule has 1 atom stereocenters. The molecule has 3 rings (SSSR count). The van der Waals surface area contributed by atoms with E-state index >= 15 is 0 Å². The van der Waals surface area contributed by atoms with Gasteiger partial charge in [0.1, 0.15) is 23.7 Å². The first-order chi connectivity index (χ1) is 11.2. The third kappa shape index (κ3) is 3.44. The fourth-order valence-electron chi connectivity index (χ4n) is 3.11. The lowest BCUT2D eigenvalue weighted by atomic mass is 10.2. The Bertz CT molecular complexity index is 636. The SMILES string of the molecule is CNc1cc(N2CCC[C@@H]2CNCc2c(C)noc2C)ncn1. The Labute approximate surface area is 136 Å². The molecular weight excluding hydrogens is 292 g/mol. The standard InChI is InChI=1S/C16H24N6O/c1-11-14(12(2)23-21-11)9-18-8-13-5-4-6-22(13)16-7-15(17-3)19-10-20-16/h7,10,13,18H,4-6,8-9H2,1-3H3,(H,17,19,20)/t13-/m1/s1. The highest BCUT2D eigenvalue weighted by atomic mass is 16.5. The van der Waals surface area contributed by atoms with Crippen LogP contribution in [0.25, 0.3) is 0 Å². The zero-order valence-corrected chi connectivity index (χ0v) is 14.0. The van der Waals surface area contributed by atoms with Crippen molar-refractivity contribution in [3.05, 3.63) is 29.4 Å². The second-order valence-corrected chi connectivity index (χ2v) is 5.93. The van der Waals surface area contributed by atoms with E-state index in [2.05, 4.69) is 30.7 Å². The molecule has 1 aliphatic rings. The summed E-state index contributed by atoms with van der Waals surface area (Å²) in [5.74, 6) is 2.74. The first-order valence-electron chi connectivity index (χ1n) is 8.08. The molecule has 1 fully saturated rings. The molecule has 0 aliphatic carbocycles. The van der Waals surface area contributed by atoms with Gasteiger partial charge in [-0.25, -0.2) is 9.97 Å². The van der Waals surface area contributed by atoms with Crippen molar-refractivity contribution in [1.29, 1.82) is 0 Å². The largest absolute Gasteiger partial charge is 0.373 e. The second-order valence-electron chi connectivity index (χ2n) is 5.93. The fourth-order valence-corrected chi connectivity index (χ4v) is 3.11.